The number of amides is 1. The average Bonchev–Trinajstić information content (AvgIpc) is 3.78. The number of fused-ring (bicyclic) bond motifs is 3. The Morgan fingerprint density at radius 2 is 1.84 bits per heavy atom. The summed E-state index contributed by atoms with van der Waals surface area (Å²) in [6, 6.07) is 8.94. The van der Waals surface area contributed by atoms with Crippen LogP contribution >= 0.6 is 0 Å². The summed E-state index contributed by atoms with van der Waals surface area (Å²) in [6.45, 7) is 5.99. The molecule has 12 nitrogen and oxygen atoms in total. The first-order chi connectivity index (χ1) is 23.7. The van der Waals surface area contributed by atoms with E-state index in [1.165, 1.54) is 0 Å². The van der Waals surface area contributed by atoms with Gasteiger partial charge < -0.3 is 39.8 Å². The van der Waals surface area contributed by atoms with Crippen molar-refractivity contribution in [1.82, 2.24) is 15.0 Å². The molecule has 1 aliphatic carbocycles. The summed E-state index contributed by atoms with van der Waals surface area (Å²) in [7, 11) is 1.00. The van der Waals surface area contributed by atoms with Crippen molar-refractivity contribution < 1.29 is 32.9 Å². The minimum absolute atomic E-state index is 0.0262. The third kappa shape index (κ3) is 6.67. The van der Waals surface area contributed by atoms with Crippen molar-refractivity contribution in [3.8, 4) is 16.9 Å². The van der Waals surface area contributed by atoms with Crippen LogP contribution in [-0.4, -0.2) is 90.3 Å². The average molecular weight is 679 g/mol. The van der Waals surface area contributed by atoms with Crippen molar-refractivity contribution in [2.75, 3.05) is 56.4 Å². The summed E-state index contributed by atoms with van der Waals surface area (Å²) in [5.74, 6) is 0.136. The fourth-order valence-electron chi connectivity index (χ4n) is 6.74. The van der Waals surface area contributed by atoms with Crippen LogP contribution in [0, 0.1) is 0 Å². The van der Waals surface area contributed by atoms with E-state index in [4.69, 9.17) is 25.1 Å². The number of aromatic nitrogens is 3. The summed E-state index contributed by atoms with van der Waals surface area (Å²) >= 11 is 0. The van der Waals surface area contributed by atoms with Gasteiger partial charge in [-0.05, 0) is 49.6 Å². The number of hydrogen-bond donors (Lipinski definition) is 3. The standard InChI is InChI=1S/C19H21N3O4.C15H15F2N3O.CH4O/c1-12-19(10-25-11-19)26-6-5-22(12)16-8-15(9-21-18(16)24)13-3-2-4-14(7-13)17(20)23;16-13(17)14-18-11-9-5-1-2-6-10(9)21-12(11)15(19-14)20-7-3-4-8-20;1-2/h2-4,7-9,12H,5-6,10-11H2,1H3,(H2,20,23)(H,21,24);1-2,5-6,9-10,13H,3-4,7-8H2;2H,1H3. The van der Waals surface area contributed by atoms with Crippen LogP contribution in [0.2, 0.25) is 0 Å². The molecule has 1 spiro atoms. The summed E-state index contributed by atoms with van der Waals surface area (Å²) < 4.78 is 43.4. The van der Waals surface area contributed by atoms with Crippen LogP contribution in [0.5, 0.6) is 5.75 Å². The van der Waals surface area contributed by atoms with Gasteiger partial charge in [-0.3, -0.25) is 9.59 Å². The Morgan fingerprint density at radius 3 is 2.53 bits per heavy atom. The number of aliphatic hydroxyl groups is 1. The molecular formula is C35H40F2N6O6. The number of nitrogens with two attached hydrogens (primary N) is 1. The van der Waals surface area contributed by atoms with Crippen molar-refractivity contribution in [1.29, 1.82) is 0 Å². The maximum absolute atomic E-state index is 13.1. The summed E-state index contributed by atoms with van der Waals surface area (Å²) in [6.07, 6.45) is 8.62. The Hall–Kier alpha value is -4.66. The normalized spacial score (nSPS) is 22.7. The van der Waals surface area contributed by atoms with Gasteiger partial charge in [-0.1, -0.05) is 30.4 Å². The number of alkyl halides is 2. The van der Waals surface area contributed by atoms with E-state index in [1.54, 1.807) is 24.4 Å². The number of rotatable bonds is 5. The second kappa shape index (κ2) is 14.4. The number of carbonyl (C=O) groups is 1. The van der Waals surface area contributed by atoms with E-state index in [1.807, 2.05) is 41.3 Å². The first kappa shape index (κ1) is 34.2. The molecule has 5 aliphatic rings. The van der Waals surface area contributed by atoms with Crippen LogP contribution in [0.25, 0.3) is 11.1 Å². The van der Waals surface area contributed by atoms with Crippen LogP contribution in [0.4, 0.5) is 20.3 Å². The molecule has 3 aromatic rings. The van der Waals surface area contributed by atoms with Crippen molar-refractivity contribution in [3.63, 3.8) is 0 Å². The SMILES string of the molecule is CC1N(c2cc(-c3cccc(C(N)=O)c3)c[nH]c2=O)CCOC12COC2.CO.FC(F)c1nc2c(c(N3CCCC3)n1)OC1C=CC=CC21. The Kier molecular flexibility index (Phi) is 10.1. The van der Waals surface area contributed by atoms with Gasteiger partial charge in [-0.2, -0.15) is 0 Å². The van der Waals surface area contributed by atoms with E-state index in [0.717, 1.165) is 44.2 Å². The third-order valence-corrected chi connectivity index (χ3v) is 9.46. The van der Waals surface area contributed by atoms with E-state index in [-0.39, 0.29) is 29.2 Å². The molecule has 0 radical (unpaired) electrons. The van der Waals surface area contributed by atoms with Gasteiger partial charge in [0.1, 0.15) is 17.4 Å². The fourth-order valence-corrected chi connectivity index (χ4v) is 6.74. The smallest absolute Gasteiger partial charge is 0.297 e. The molecule has 3 fully saturated rings. The number of allylic oxidation sites excluding steroid dienone is 2. The zero-order valence-electron chi connectivity index (χ0n) is 27.4. The van der Waals surface area contributed by atoms with E-state index in [9.17, 15) is 18.4 Å². The molecule has 8 rings (SSSR count). The molecule has 4 N–H and O–H groups in total. The summed E-state index contributed by atoms with van der Waals surface area (Å²) in [4.78, 5) is 39.0. The monoisotopic (exact) mass is 678 g/mol. The molecule has 260 valence electrons. The van der Waals surface area contributed by atoms with Gasteiger partial charge in [0.25, 0.3) is 12.0 Å². The van der Waals surface area contributed by atoms with E-state index >= 15 is 0 Å². The second-order valence-electron chi connectivity index (χ2n) is 12.3. The number of benzene rings is 1. The lowest BCUT2D eigenvalue weighted by atomic mass is 9.90. The van der Waals surface area contributed by atoms with Gasteiger partial charge in [0, 0.05) is 44.1 Å². The van der Waals surface area contributed by atoms with E-state index in [0.29, 0.717) is 54.9 Å². The van der Waals surface area contributed by atoms with Crippen LogP contribution in [0.15, 0.2) is 65.6 Å². The van der Waals surface area contributed by atoms with Crippen molar-refractivity contribution >= 4 is 17.4 Å². The summed E-state index contributed by atoms with van der Waals surface area (Å²) in [5, 5.41) is 7.00. The number of morpholine rings is 1. The van der Waals surface area contributed by atoms with Gasteiger partial charge >= 0.3 is 0 Å². The molecule has 0 bridgehead atoms. The maximum atomic E-state index is 13.1. The highest BCUT2D eigenvalue weighted by Crippen LogP contribution is 2.46. The zero-order chi connectivity index (χ0) is 34.7. The Balaban J connectivity index is 0.000000165. The lowest BCUT2D eigenvalue weighted by molar-refractivity contribution is -0.228. The van der Waals surface area contributed by atoms with Crippen molar-refractivity contribution in [2.24, 2.45) is 5.73 Å². The molecule has 0 saturated carbocycles. The van der Waals surface area contributed by atoms with Crippen molar-refractivity contribution in [2.45, 2.75) is 49.9 Å². The molecule has 1 amide bonds. The molecule has 2 aromatic heterocycles. The second-order valence-corrected chi connectivity index (χ2v) is 12.3. The van der Waals surface area contributed by atoms with Crippen LogP contribution in [0.3, 0.4) is 0 Å². The van der Waals surface area contributed by atoms with Gasteiger partial charge in [0.2, 0.25) is 5.91 Å². The maximum Gasteiger partial charge on any atom is 0.297 e. The highest BCUT2D eigenvalue weighted by molar-refractivity contribution is 5.94. The molecule has 4 aliphatic heterocycles. The van der Waals surface area contributed by atoms with E-state index < -0.39 is 18.2 Å². The molecule has 14 heteroatoms. The van der Waals surface area contributed by atoms with Gasteiger partial charge in [0.05, 0.1) is 37.5 Å². The number of halogens is 2. The number of aromatic amines is 1. The highest BCUT2D eigenvalue weighted by atomic mass is 19.3. The minimum Gasteiger partial charge on any atom is -0.479 e. The number of ether oxygens (including phenoxy) is 3. The number of nitrogens with one attached hydrogen (secondary N) is 1. The predicted octanol–water partition coefficient (Wildman–Crippen LogP) is 3.73. The largest absolute Gasteiger partial charge is 0.479 e. The molecule has 49 heavy (non-hydrogen) atoms. The number of hydrogen-bond acceptors (Lipinski definition) is 10. The molecule has 1 aromatic carbocycles. The Morgan fingerprint density at radius 1 is 1.08 bits per heavy atom. The third-order valence-electron chi connectivity index (χ3n) is 9.46. The lowest BCUT2D eigenvalue weighted by Crippen LogP contribution is -2.68. The number of H-pyrrole nitrogens is 1. The molecule has 3 atom stereocenters. The highest BCUT2D eigenvalue weighted by Gasteiger charge is 2.50. The fraction of sp³-hybridized carbons (Fsp3) is 0.429. The topological polar surface area (TPSA) is 156 Å². The molecular weight excluding hydrogens is 638 g/mol. The van der Waals surface area contributed by atoms with Gasteiger partial charge in [-0.15, -0.1) is 0 Å². The van der Waals surface area contributed by atoms with Crippen LogP contribution in [-0.2, 0) is 9.47 Å². The van der Waals surface area contributed by atoms with Crippen molar-refractivity contribution in [3.05, 3.63) is 88.3 Å². The Labute approximate surface area is 282 Å². The number of aliphatic hydroxyl groups excluding tert-OH is 1. The predicted molar refractivity (Wildman–Crippen MR) is 179 cm³/mol. The Bertz CT molecular complexity index is 1790. The summed E-state index contributed by atoms with van der Waals surface area (Å²) in [5.41, 5.74) is 8.13. The van der Waals surface area contributed by atoms with Gasteiger partial charge in [0.15, 0.2) is 17.4 Å². The number of carbonyl (C=O) groups excluding carboxylic acids is 1. The number of pyridine rings is 1. The zero-order valence-corrected chi connectivity index (χ0v) is 27.4. The quantitative estimate of drug-likeness (QED) is 0.364. The number of nitrogens with zero attached hydrogens (tertiary/aromatic N) is 4. The van der Waals surface area contributed by atoms with E-state index in [2.05, 4.69) is 26.8 Å². The molecule has 6 heterocycles. The molecule has 3 unspecified atom stereocenters. The molecule has 3 saturated heterocycles. The number of primary amides is 1. The number of anilines is 2. The van der Waals surface area contributed by atoms with Crippen LogP contribution < -0.4 is 25.8 Å². The first-order valence-corrected chi connectivity index (χ1v) is 16.3. The van der Waals surface area contributed by atoms with Gasteiger partial charge in [-0.25, -0.2) is 18.7 Å². The first-order valence-electron chi connectivity index (χ1n) is 16.3. The van der Waals surface area contributed by atoms with Crippen LogP contribution in [0.1, 0.15) is 54.0 Å². The lowest BCUT2D eigenvalue weighted by Gasteiger charge is -2.53. The minimum atomic E-state index is -2.67.